The number of ether oxygens (including phenoxy) is 1. The zero-order chi connectivity index (χ0) is 21.5. The van der Waals surface area contributed by atoms with Crippen molar-refractivity contribution in [1.29, 1.82) is 0 Å². The van der Waals surface area contributed by atoms with E-state index in [2.05, 4.69) is 41.9 Å². The van der Waals surface area contributed by atoms with Crippen LogP contribution in [-0.4, -0.2) is 22.1 Å². The van der Waals surface area contributed by atoms with Gasteiger partial charge in [-0.15, -0.1) is 0 Å². The molecule has 1 unspecified atom stereocenters. The topological polar surface area (TPSA) is 56.2 Å². The van der Waals surface area contributed by atoms with Gasteiger partial charge < -0.3 is 14.6 Å². The predicted octanol–water partition coefficient (Wildman–Crippen LogP) is 5.49. The molecular weight excluding hydrogens is 374 g/mol. The molecule has 0 aliphatic rings. The minimum absolute atomic E-state index is 0.0745. The summed E-state index contributed by atoms with van der Waals surface area (Å²) < 4.78 is 8.21. The fraction of sp³-hybridized carbons (Fsp3) is 0.440. The lowest BCUT2D eigenvalue weighted by Gasteiger charge is -2.16. The van der Waals surface area contributed by atoms with Crippen LogP contribution in [-0.2, 0) is 11.3 Å². The van der Waals surface area contributed by atoms with E-state index in [1.165, 1.54) is 11.1 Å². The van der Waals surface area contributed by atoms with Gasteiger partial charge in [-0.05, 0) is 63.8 Å². The number of imidazole rings is 1. The molecule has 0 spiro atoms. The number of fused-ring (bicyclic) bond motifs is 1. The SMILES string of the molecule is CCCC(=O)NC(C)c1nc2ccccc2n1CCCCOc1ccc(C)cc1C. The molecule has 0 fully saturated rings. The lowest BCUT2D eigenvalue weighted by Crippen LogP contribution is -2.28. The van der Waals surface area contributed by atoms with E-state index in [0.717, 1.165) is 48.4 Å². The fourth-order valence-corrected chi connectivity index (χ4v) is 3.78. The van der Waals surface area contributed by atoms with Crippen LogP contribution in [0.3, 0.4) is 0 Å². The van der Waals surface area contributed by atoms with Gasteiger partial charge in [0.05, 0.1) is 23.7 Å². The van der Waals surface area contributed by atoms with E-state index >= 15 is 0 Å². The first kappa shape index (κ1) is 21.9. The number of hydrogen-bond donors (Lipinski definition) is 1. The Morgan fingerprint density at radius 1 is 1.17 bits per heavy atom. The molecule has 160 valence electrons. The van der Waals surface area contributed by atoms with E-state index in [1.807, 2.05) is 38.1 Å². The number of aromatic nitrogens is 2. The van der Waals surface area contributed by atoms with Crippen molar-refractivity contribution in [3.8, 4) is 5.75 Å². The van der Waals surface area contributed by atoms with E-state index in [-0.39, 0.29) is 11.9 Å². The molecule has 1 N–H and O–H groups in total. The molecule has 5 heteroatoms. The minimum atomic E-state index is -0.122. The Labute approximate surface area is 179 Å². The Kier molecular flexibility index (Phi) is 7.50. The Bertz CT molecular complexity index is 993. The van der Waals surface area contributed by atoms with Crippen LogP contribution in [0.4, 0.5) is 0 Å². The summed E-state index contributed by atoms with van der Waals surface area (Å²) in [4.78, 5) is 16.9. The highest BCUT2D eigenvalue weighted by molar-refractivity contribution is 5.78. The minimum Gasteiger partial charge on any atom is -0.493 e. The summed E-state index contributed by atoms with van der Waals surface area (Å²) in [7, 11) is 0. The number of carbonyl (C=O) groups is 1. The average molecular weight is 408 g/mol. The molecule has 2 aromatic carbocycles. The molecule has 1 aromatic heterocycles. The van der Waals surface area contributed by atoms with E-state index in [4.69, 9.17) is 9.72 Å². The summed E-state index contributed by atoms with van der Waals surface area (Å²) in [6.45, 7) is 9.73. The Balaban J connectivity index is 1.63. The van der Waals surface area contributed by atoms with Gasteiger partial charge in [0.2, 0.25) is 5.91 Å². The van der Waals surface area contributed by atoms with Crippen molar-refractivity contribution in [1.82, 2.24) is 14.9 Å². The average Bonchev–Trinajstić information content (AvgIpc) is 3.08. The third-order valence-electron chi connectivity index (χ3n) is 5.29. The Morgan fingerprint density at radius 2 is 1.97 bits per heavy atom. The number of hydrogen-bond acceptors (Lipinski definition) is 3. The first-order valence-electron chi connectivity index (χ1n) is 10.9. The molecule has 0 saturated carbocycles. The first-order valence-corrected chi connectivity index (χ1v) is 10.9. The number of nitrogens with one attached hydrogen (secondary N) is 1. The number of amides is 1. The monoisotopic (exact) mass is 407 g/mol. The van der Waals surface area contributed by atoms with Gasteiger partial charge in [0, 0.05) is 13.0 Å². The quantitative estimate of drug-likeness (QED) is 0.452. The summed E-state index contributed by atoms with van der Waals surface area (Å²) in [5, 5.41) is 3.09. The molecule has 0 bridgehead atoms. The maximum Gasteiger partial charge on any atom is 0.220 e. The standard InChI is InChI=1S/C25H33N3O2/c1-5-10-24(29)26-20(4)25-27-21-11-6-7-12-22(21)28(25)15-8-9-16-30-23-14-13-18(2)17-19(23)3/h6-7,11-14,17,20H,5,8-10,15-16H2,1-4H3,(H,26,29). The van der Waals surface area contributed by atoms with Crippen LogP contribution in [0, 0.1) is 13.8 Å². The Hall–Kier alpha value is -2.82. The van der Waals surface area contributed by atoms with Crippen molar-refractivity contribution in [2.45, 2.75) is 66.0 Å². The number of benzene rings is 2. The van der Waals surface area contributed by atoms with Crippen molar-refractivity contribution >= 4 is 16.9 Å². The number of para-hydroxylation sites is 2. The molecule has 0 saturated heterocycles. The first-order chi connectivity index (χ1) is 14.5. The second-order valence-electron chi connectivity index (χ2n) is 7.97. The molecule has 30 heavy (non-hydrogen) atoms. The highest BCUT2D eigenvalue weighted by atomic mass is 16.5. The third kappa shape index (κ3) is 5.41. The Morgan fingerprint density at radius 3 is 2.73 bits per heavy atom. The maximum absolute atomic E-state index is 12.1. The molecule has 3 rings (SSSR count). The van der Waals surface area contributed by atoms with E-state index in [1.54, 1.807) is 0 Å². The summed E-state index contributed by atoms with van der Waals surface area (Å²) in [6, 6.07) is 14.3. The molecule has 1 amide bonds. The number of nitrogens with zero attached hydrogens (tertiary/aromatic N) is 2. The normalized spacial score (nSPS) is 12.1. The van der Waals surface area contributed by atoms with Crippen molar-refractivity contribution in [2.75, 3.05) is 6.61 Å². The lowest BCUT2D eigenvalue weighted by molar-refractivity contribution is -0.121. The number of unbranched alkanes of at least 4 members (excludes halogenated alkanes) is 1. The molecule has 3 aromatic rings. The maximum atomic E-state index is 12.1. The van der Waals surface area contributed by atoms with Gasteiger partial charge in [-0.25, -0.2) is 4.98 Å². The van der Waals surface area contributed by atoms with Gasteiger partial charge in [-0.2, -0.15) is 0 Å². The molecule has 1 heterocycles. The summed E-state index contributed by atoms with van der Waals surface area (Å²) in [6.07, 6.45) is 3.32. The van der Waals surface area contributed by atoms with Gasteiger partial charge >= 0.3 is 0 Å². The number of rotatable bonds is 10. The zero-order valence-electron chi connectivity index (χ0n) is 18.6. The van der Waals surface area contributed by atoms with Gasteiger partial charge in [-0.1, -0.05) is 36.8 Å². The van der Waals surface area contributed by atoms with Crippen molar-refractivity contribution in [2.24, 2.45) is 0 Å². The smallest absolute Gasteiger partial charge is 0.220 e. The van der Waals surface area contributed by atoms with E-state index in [0.29, 0.717) is 13.0 Å². The highest BCUT2D eigenvalue weighted by Crippen LogP contribution is 2.22. The zero-order valence-corrected chi connectivity index (χ0v) is 18.6. The van der Waals surface area contributed by atoms with Crippen LogP contribution in [0.2, 0.25) is 0 Å². The molecule has 0 aliphatic heterocycles. The van der Waals surface area contributed by atoms with E-state index in [9.17, 15) is 4.79 Å². The number of carbonyl (C=O) groups excluding carboxylic acids is 1. The summed E-state index contributed by atoms with van der Waals surface area (Å²) in [5.74, 6) is 1.95. The predicted molar refractivity (Wildman–Crippen MR) is 122 cm³/mol. The molecule has 1 atom stereocenters. The van der Waals surface area contributed by atoms with Crippen LogP contribution in [0.1, 0.15) is 62.5 Å². The van der Waals surface area contributed by atoms with Crippen LogP contribution in [0.5, 0.6) is 5.75 Å². The van der Waals surface area contributed by atoms with Crippen LogP contribution in [0.25, 0.3) is 11.0 Å². The van der Waals surface area contributed by atoms with Crippen molar-refractivity contribution in [3.63, 3.8) is 0 Å². The van der Waals surface area contributed by atoms with Gasteiger partial charge in [0.25, 0.3) is 0 Å². The van der Waals surface area contributed by atoms with Crippen molar-refractivity contribution < 1.29 is 9.53 Å². The molecule has 0 aliphatic carbocycles. The molecule has 5 nitrogen and oxygen atoms in total. The lowest BCUT2D eigenvalue weighted by atomic mass is 10.1. The van der Waals surface area contributed by atoms with Crippen LogP contribution in [0.15, 0.2) is 42.5 Å². The molecular formula is C25H33N3O2. The summed E-state index contributed by atoms with van der Waals surface area (Å²) in [5.41, 5.74) is 4.50. The van der Waals surface area contributed by atoms with Crippen molar-refractivity contribution in [3.05, 3.63) is 59.4 Å². The van der Waals surface area contributed by atoms with Crippen LogP contribution < -0.4 is 10.1 Å². The second kappa shape index (κ2) is 10.3. The van der Waals surface area contributed by atoms with Gasteiger partial charge in [0.1, 0.15) is 11.6 Å². The summed E-state index contributed by atoms with van der Waals surface area (Å²) >= 11 is 0. The van der Waals surface area contributed by atoms with Crippen LogP contribution >= 0.6 is 0 Å². The fourth-order valence-electron chi connectivity index (χ4n) is 3.78. The number of aryl methyl sites for hydroxylation is 3. The van der Waals surface area contributed by atoms with E-state index < -0.39 is 0 Å². The van der Waals surface area contributed by atoms with Gasteiger partial charge in [0.15, 0.2) is 0 Å². The second-order valence-corrected chi connectivity index (χ2v) is 7.97. The third-order valence-corrected chi connectivity index (χ3v) is 5.29. The molecule has 0 radical (unpaired) electrons. The highest BCUT2D eigenvalue weighted by Gasteiger charge is 2.18. The van der Waals surface area contributed by atoms with Gasteiger partial charge in [-0.3, -0.25) is 4.79 Å². The largest absolute Gasteiger partial charge is 0.493 e.